The van der Waals surface area contributed by atoms with Gasteiger partial charge in [0.1, 0.15) is 11.7 Å². The number of carbonyl (C=O) groups is 4. The Balaban J connectivity index is 0.000000223. The summed E-state index contributed by atoms with van der Waals surface area (Å²) in [4.78, 5) is 56.7. The standard InChI is InChI=1S/3C28H47N3O3.C26H44ClN3O4/c1-29-21-26(20-23-12-5-3-6-13-23)30-27(32)31-18-11-16-25(22-31)28(33,17-9-10-19-34-2)24-14-7-4-8-15-24;1-3-33-18-11-19-34-26(23-14-8-5-9-15-23)28(2)17-10-16-25(31-28)27(32)30-24(21-29)20-22-12-6-4-7-13-22;1-3-34-19-11-18-28(33,23-14-8-5-9-15-23)26-17-10-16-25(31-26)27(32)30-24(21-29-2)20-22-12-6-4-7-13-22;1-25(2,19-34-4)16-23(28)17-29-24(31)30-13-8-10-21(18-30)26(32,12-5-6-14-33-3)20-9-7-11-22(27)15-20/h4,7-8,14-15,23,25-26,29,33H,3,5-6,9-13,16-22H2,1-2H3,(H,30,32);5,8-9,14-15,22,24-26,31H,3-4,6-7,10-13,16-21,29H2,1-2H3,(H,30,32);5,8-9,14-15,22,24-26,29,31,33H,3-4,6-7,10-13,16-21H2,1-2H3,(H,30,32);7,9,11,15,21,23,32H,5-6,8,10,12-14,16-19,28H2,1-4H3,(H,29,31)/t25-,26+,28-;24-,25?,26-,28-;24-,25?,26-,28+;21-,23+,26-/m1001/s1. The molecule has 15 N–H and O–H groups in total. The normalized spacial score (nSPS) is 22.9. The van der Waals surface area contributed by atoms with E-state index >= 15 is 0 Å². The fourth-order valence-electron chi connectivity index (χ4n) is 22.8. The summed E-state index contributed by atoms with van der Waals surface area (Å²) in [6.45, 7) is 20.8. The molecule has 0 radical (unpaired) electrons. The first kappa shape index (κ1) is 115. The molecule has 6 amide bonds. The van der Waals surface area contributed by atoms with Gasteiger partial charge in [-0.3, -0.25) is 20.2 Å². The molecule has 4 aromatic rings. The Bertz CT molecular complexity index is 3750. The van der Waals surface area contributed by atoms with E-state index in [1.165, 1.54) is 96.3 Å². The van der Waals surface area contributed by atoms with Gasteiger partial charge in [0, 0.05) is 173 Å². The average Bonchev–Trinajstić information content (AvgIpc) is 0.796. The van der Waals surface area contributed by atoms with Crippen molar-refractivity contribution < 1.29 is 62.9 Å². The second-order valence-electron chi connectivity index (χ2n) is 41.6. The third kappa shape index (κ3) is 39.1. The Morgan fingerprint density at radius 1 is 0.507 bits per heavy atom. The number of urea groups is 2. The van der Waals surface area contributed by atoms with E-state index in [9.17, 15) is 34.5 Å². The predicted molar refractivity (Wildman–Crippen MR) is 550 cm³/mol. The monoisotopic (exact) mass is 1920 g/mol. The molecule has 7 fully saturated rings. The van der Waals surface area contributed by atoms with Crippen molar-refractivity contribution in [2.75, 3.05) is 141 Å². The van der Waals surface area contributed by atoms with Crippen molar-refractivity contribution in [3.05, 3.63) is 143 Å². The zero-order chi connectivity index (χ0) is 97.9. The number of aliphatic hydroxyl groups is 3. The van der Waals surface area contributed by atoms with Crippen LogP contribution in [-0.2, 0) is 54.8 Å². The van der Waals surface area contributed by atoms with Gasteiger partial charge in [-0.15, -0.1) is 0 Å². The Hall–Kier alpha value is -5.95. The summed E-state index contributed by atoms with van der Waals surface area (Å²) in [5.41, 5.74) is 12.8. The number of carbonyl (C=O) groups excluding carboxylic acids is 4. The van der Waals surface area contributed by atoms with Crippen LogP contribution in [0.15, 0.2) is 115 Å². The van der Waals surface area contributed by atoms with Crippen molar-refractivity contribution in [1.29, 1.82) is 0 Å². The highest BCUT2D eigenvalue weighted by Crippen LogP contribution is 2.44. The van der Waals surface area contributed by atoms with E-state index in [0.29, 0.717) is 115 Å². The number of nitrogens with one attached hydrogen (secondary N) is 8. The van der Waals surface area contributed by atoms with Gasteiger partial charge in [-0.05, 0) is 240 Å². The van der Waals surface area contributed by atoms with Gasteiger partial charge in [-0.25, -0.2) is 9.59 Å². The molecule has 0 bridgehead atoms. The zero-order valence-corrected chi connectivity index (χ0v) is 86.3. The fraction of sp³-hybridized carbons (Fsp3) is 0.745. The maximum Gasteiger partial charge on any atom is 0.317 e. The largest absolute Gasteiger partial charge is 0.385 e. The number of unbranched alkanes of at least 4 members (excludes halogenated alkanes) is 2. The topological polar surface area (TPSA) is 339 Å². The number of halogens is 1. The van der Waals surface area contributed by atoms with E-state index < -0.39 is 16.8 Å². The number of hydrogen-bond acceptors (Lipinski definition) is 19. The number of likely N-dealkylation sites (tertiary alicyclic amines) is 2. The Morgan fingerprint density at radius 3 is 1.51 bits per heavy atom. The number of nitrogens with two attached hydrogens (primary N) is 2. The van der Waals surface area contributed by atoms with Crippen molar-refractivity contribution in [1.82, 2.24) is 52.3 Å². The molecule has 0 spiro atoms. The van der Waals surface area contributed by atoms with E-state index in [0.717, 1.165) is 183 Å². The van der Waals surface area contributed by atoms with Gasteiger partial charge < -0.3 is 96.9 Å². The summed E-state index contributed by atoms with van der Waals surface area (Å²) >= 11 is 6.26. The highest BCUT2D eigenvalue weighted by atomic mass is 35.5. The summed E-state index contributed by atoms with van der Waals surface area (Å²) in [6.07, 6.45) is 39.3. The Morgan fingerprint density at radius 2 is 0.985 bits per heavy atom. The molecule has 4 heterocycles. The molecule has 136 heavy (non-hydrogen) atoms. The highest BCUT2D eigenvalue weighted by Gasteiger charge is 2.47. The van der Waals surface area contributed by atoms with E-state index in [4.69, 9.17) is 51.5 Å². The molecule has 2 unspecified atom stereocenters. The van der Waals surface area contributed by atoms with Crippen LogP contribution in [0.25, 0.3) is 0 Å². The van der Waals surface area contributed by atoms with Gasteiger partial charge in [0.05, 0.1) is 29.9 Å². The van der Waals surface area contributed by atoms with Crippen molar-refractivity contribution in [3.8, 4) is 0 Å². The van der Waals surface area contributed by atoms with Crippen LogP contribution in [0, 0.1) is 35.0 Å². The molecule has 4 aliphatic heterocycles. The number of piperidine rings is 4. The fourth-order valence-corrected chi connectivity index (χ4v) is 23.0. The first-order chi connectivity index (χ1) is 65.8. The van der Waals surface area contributed by atoms with Crippen LogP contribution in [0.3, 0.4) is 0 Å². The quantitative estimate of drug-likeness (QED) is 0.0183. The van der Waals surface area contributed by atoms with E-state index in [2.05, 4.69) is 87.6 Å². The summed E-state index contributed by atoms with van der Waals surface area (Å²) < 4.78 is 33.1. The van der Waals surface area contributed by atoms with Crippen LogP contribution in [0.2, 0.25) is 5.02 Å². The van der Waals surface area contributed by atoms with E-state index in [-0.39, 0.29) is 95.1 Å². The van der Waals surface area contributed by atoms with Crippen molar-refractivity contribution >= 4 is 35.5 Å². The van der Waals surface area contributed by atoms with Crippen LogP contribution in [-0.4, -0.2) is 237 Å². The maximum atomic E-state index is 13.3. The zero-order valence-electron chi connectivity index (χ0n) is 85.5. The second-order valence-corrected chi connectivity index (χ2v) is 42.0. The molecular weight excluding hydrogens is 1730 g/mol. The predicted octanol–water partition coefficient (Wildman–Crippen LogP) is 17.2. The molecule has 3 aliphatic carbocycles. The Kier molecular flexibility index (Phi) is 53.5. The lowest BCUT2D eigenvalue weighted by Gasteiger charge is -2.44. The van der Waals surface area contributed by atoms with Gasteiger partial charge in [0.15, 0.2) is 0 Å². The van der Waals surface area contributed by atoms with Crippen LogP contribution in [0.5, 0.6) is 0 Å². The number of hydrogen-bond donors (Lipinski definition) is 13. The molecule has 0 aromatic heterocycles. The number of nitrogens with zero attached hydrogens (tertiary/aromatic N) is 2. The van der Waals surface area contributed by atoms with Gasteiger partial charge in [-0.1, -0.05) is 225 Å². The molecule has 14 atom stereocenters. The molecule has 4 saturated heterocycles. The lowest BCUT2D eigenvalue weighted by Crippen LogP contribution is -2.61. The lowest BCUT2D eigenvalue weighted by molar-refractivity contribution is -0.127. The molecule has 770 valence electrons. The minimum absolute atomic E-state index is 0.0237. The number of amides is 6. The minimum Gasteiger partial charge on any atom is -0.385 e. The number of ether oxygens (including phenoxy) is 6. The molecule has 26 heteroatoms. The SMILES string of the molecule is CCOCCCO[C@@H](c1ccccc1)[C@]1(C)CCCC(C(=O)N[C@H](CN)CC2CCCCC2)N1.CCOCCC[C@@](O)(c1ccccc1)[C@@H]1CCCC(C(=O)N[C@H](CNC)CC2CCCCC2)N1.CNC[C@H](CC1CCCCC1)NC(=O)N1CCC[C@@H]([C@@](O)(CCCCOC)c2ccccc2)C1.COCCCC[C@@](O)(c1cccc(Cl)c1)[C@@H]1CCCN(C(=O)NC[C@@H](N)CC(C)(C)COC)C1. The second kappa shape index (κ2) is 63.2. The summed E-state index contributed by atoms with van der Waals surface area (Å²) in [5.74, 6) is 2.23. The molecule has 11 rings (SSSR count). The van der Waals surface area contributed by atoms with Crippen LogP contribution < -0.4 is 54.0 Å². The van der Waals surface area contributed by atoms with Crippen molar-refractivity contribution in [2.24, 2.45) is 46.5 Å². The summed E-state index contributed by atoms with van der Waals surface area (Å²) in [5, 5.41) is 63.2. The highest BCUT2D eigenvalue weighted by molar-refractivity contribution is 6.30. The Labute approximate surface area is 825 Å². The van der Waals surface area contributed by atoms with Crippen LogP contribution in [0.1, 0.15) is 307 Å². The molecular formula is C110H185ClN12O13. The average molecular weight is 1920 g/mol. The van der Waals surface area contributed by atoms with Crippen molar-refractivity contribution in [3.63, 3.8) is 0 Å². The smallest absolute Gasteiger partial charge is 0.317 e. The van der Waals surface area contributed by atoms with E-state index in [1.54, 1.807) is 21.3 Å². The summed E-state index contributed by atoms with van der Waals surface area (Å²) in [6, 6.07) is 37.3. The van der Waals surface area contributed by atoms with Gasteiger partial charge in [0.25, 0.3) is 0 Å². The number of benzene rings is 4. The summed E-state index contributed by atoms with van der Waals surface area (Å²) in [7, 11) is 9.00. The number of methoxy groups -OCH3 is 3. The molecule has 4 aromatic carbocycles. The van der Waals surface area contributed by atoms with Crippen LogP contribution >= 0.6 is 11.6 Å². The molecule has 3 saturated carbocycles. The number of likely N-dealkylation sites (N-methyl/N-ethyl adjacent to an activating group) is 2. The minimum atomic E-state index is -1.06. The third-order valence-corrected chi connectivity index (χ3v) is 30.2. The molecule has 25 nitrogen and oxygen atoms in total. The van der Waals surface area contributed by atoms with Crippen LogP contribution in [0.4, 0.5) is 9.59 Å². The maximum absolute atomic E-state index is 13.3. The first-order valence-electron chi connectivity index (χ1n) is 53.1. The number of rotatable bonds is 51. The van der Waals surface area contributed by atoms with Crippen molar-refractivity contribution in [2.45, 2.75) is 349 Å². The third-order valence-electron chi connectivity index (χ3n) is 30.0. The van der Waals surface area contributed by atoms with E-state index in [1.807, 2.05) is 129 Å². The van der Waals surface area contributed by atoms with Gasteiger partial charge >= 0.3 is 12.1 Å². The van der Waals surface area contributed by atoms with Gasteiger partial charge in [-0.2, -0.15) is 0 Å². The first-order valence-corrected chi connectivity index (χ1v) is 53.5. The molecule has 7 aliphatic rings. The van der Waals surface area contributed by atoms with Gasteiger partial charge in [0.2, 0.25) is 11.8 Å². The lowest BCUT2D eigenvalue weighted by atomic mass is 9.74.